The molecule has 1 N–H and O–H groups in total. The lowest BCUT2D eigenvalue weighted by molar-refractivity contribution is -0.121. The van der Waals surface area contributed by atoms with Gasteiger partial charge in [-0.1, -0.05) is 23.8 Å². The molecule has 5 heteroatoms. The summed E-state index contributed by atoms with van der Waals surface area (Å²) in [6, 6.07) is 6.29. The molecule has 126 valence electrons. The van der Waals surface area contributed by atoms with E-state index in [0.717, 1.165) is 24.0 Å². The lowest BCUT2D eigenvalue weighted by Crippen LogP contribution is -2.47. The molecule has 0 saturated carbocycles. The van der Waals surface area contributed by atoms with Crippen LogP contribution in [0, 0.1) is 13.8 Å². The van der Waals surface area contributed by atoms with Crippen LogP contribution in [0.1, 0.15) is 36.5 Å². The number of piperidine rings is 1. The quantitative estimate of drug-likeness (QED) is 0.928. The molecule has 1 aromatic carbocycles. The Kier molecular flexibility index (Phi) is 6.02. The van der Waals surface area contributed by atoms with Gasteiger partial charge in [0.25, 0.3) is 0 Å². The summed E-state index contributed by atoms with van der Waals surface area (Å²) < 4.78 is 5.00. The molecule has 0 atom stereocenters. The van der Waals surface area contributed by atoms with E-state index in [4.69, 9.17) is 4.74 Å². The van der Waals surface area contributed by atoms with E-state index in [-0.39, 0.29) is 18.0 Å². The van der Waals surface area contributed by atoms with E-state index in [1.165, 1.54) is 5.56 Å². The number of benzene rings is 1. The average molecular weight is 318 g/mol. The van der Waals surface area contributed by atoms with Gasteiger partial charge in [0.15, 0.2) is 0 Å². The van der Waals surface area contributed by atoms with Crippen molar-refractivity contribution in [1.29, 1.82) is 0 Å². The number of nitrogens with zero attached hydrogens (tertiary/aromatic N) is 1. The van der Waals surface area contributed by atoms with Gasteiger partial charge in [0.2, 0.25) is 5.91 Å². The first-order chi connectivity index (χ1) is 11.0. The van der Waals surface area contributed by atoms with Gasteiger partial charge < -0.3 is 15.0 Å². The van der Waals surface area contributed by atoms with Crippen LogP contribution >= 0.6 is 0 Å². The maximum atomic E-state index is 12.2. The molecule has 0 unspecified atom stereocenters. The maximum absolute atomic E-state index is 12.2. The topological polar surface area (TPSA) is 58.6 Å². The first-order valence-corrected chi connectivity index (χ1v) is 8.26. The van der Waals surface area contributed by atoms with Gasteiger partial charge in [-0.05, 0) is 44.7 Å². The molecular weight excluding hydrogens is 292 g/mol. The van der Waals surface area contributed by atoms with Crippen molar-refractivity contribution in [3.05, 3.63) is 34.9 Å². The highest BCUT2D eigenvalue weighted by molar-refractivity contribution is 5.79. The van der Waals surface area contributed by atoms with E-state index < -0.39 is 0 Å². The number of rotatable bonds is 4. The highest BCUT2D eigenvalue weighted by Gasteiger charge is 2.24. The summed E-state index contributed by atoms with van der Waals surface area (Å²) in [5.41, 5.74) is 3.42. The normalized spacial score (nSPS) is 15.3. The molecule has 1 aliphatic heterocycles. The summed E-state index contributed by atoms with van der Waals surface area (Å²) in [5, 5.41) is 3.08. The molecule has 0 radical (unpaired) electrons. The zero-order valence-electron chi connectivity index (χ0n) is 14.2. The van der Waals surface area contributed by atoms with E-state index in [1.807, 2.05) is 26.0 Å². The third-order valence-electron chi connectivity index (χ3n) is 4.24. The fraction of sp³-hybridized carbons (Fsp3) is 0.556. The Labute approximate surface area is 138 Å². The Balaban J connectivity index is 1.79. The van der Waals surface area contributed by atoms with Crippen LogP contribution in [-0.4, -0.2) is 42.6 Å². The molecule has 1 heterocycles. The zero-order valence-corrected chi connectivity index (χ0v) is 14.2. The molecule has 2 amide bonds. The average Bonchev–Trinajstić information content (AvgIpc) is 2.51. The molecule has 0 aromatic heterocycles. The number of hydrogen-bond donors (Lipinski definition) is 1. The predicted molar refractivity (Wildman–Crippen MR) is 89.4 cm³/mol. The van der Waals surface area contributed by atoms with Crippen molar-refractivity contribution in [1.82, 2.24) is 10.2 Å². The standard InChI is InChI=1S/C18H26N2O3/c1-4-23-18(22)20-9-7-16(8-10-20)19-17(21)12-15-6-5-13(2)11-14(15)3/h5-6,11,16H,4,7-10,12H2,1-3H3,(H,19,21). The SMILES string of the molecule is CCOC(=O)N1CCC(NC(=O)Cc2ccc(C)cc2C)CC1. The highest BCUT2D eigenvalue weighted by Crippen LogP contribution is 2.14. The number of carbonyl (C=O) groups excluding carboxylic acids is 2. The lowest BCUT2D eigenvalue weighted by Gasteiger charge is -2.31. The Morgan fingerprint density at radius 1 is 1.26 bits per heavy atom. The van der Waals surface area contributed by atoms with E-state index in [2.05, 4.69) is 11.4 Å². The van der Waals surface area contributed by atoms with Gasteiger partial charge in [-0.3, -0.25) is 4.79 Å². The van der Waals surface area contributed by atoms with Crippen LogP contribution in [0.15, 0.2) is 18.2 Å². The molecule has 5 nitrogen and oxygen atoms in total. The lowest BCUT2D eigenvalue weighted by atomic mass is 10.0. The Bertz CT molecular complexity index is 563. The largest absolute Gasteiger partial charge is 0.450 e. The summed E-state index contributed by atoms with van der Waals surface area (Å²) in [7, 11) is 0. The Hall–Kier alpha value is -2.04. The highest BCUT2D eigenvalue weighted by atomic mass is 16.6. The fourth-order valence-electron chi connectivity index (χ4n) is 2.92. The van der Waals surface area contributed by atoms with Crippen LogP contribution in [0.5, 0.6) is 0 Å². The first kappa shape index (κ1) is 17.3. The molecular formula is C18H26N2O3. The van der Waals surface area contributed by atoms with Crippen LogP contribution in [0.25, 0.3) is 0 Å². The molecule has 1 aliphatic rings. The van der Waals surface area contributed by atoms with Crippen LogP contribution in [0.2, 0.25) is 0 Å². The smallest absolute Gasteiger partial charge is 0.409 e. The number of amides is 2. The van der Waals surface area contributed by atoms with Crippen molar-refractivity contribution in [2.75, 3.05) is 19.7 Å². The Morgan fingerprint density at radius 2 is 1.96 bits per heavy atom. The molecule has 23 heavy (non-hydrogen) atoms. The summed E-state index contributed by atoms with van der Waals surface area (Å²) in [6.07, 6.45) is 1.70. The van der Waals surface area contributed by atoms with Gasteiger partial charge in [0.1, 0.15) is 0 Å². The number of ether oxygens (including phenoxy) is 1. The molecule has 1 fully saturated rings. The van der Waals surface area contributed by atoms with E-state index >= 15 is 0 Å². The van der Waals surface area contributed by atoms with Gasteiger partial charge >= 0.3 is 6.09 Å². The molecule has 1 saturated heterocycles. The summed E-state index contributed by atoms with van der Waals surface area (Å²) in [6.45, 7) is 7.55. The van der Waals surface area contributed by atoms with E-state index in [0.29, 0.717) is 26.1 Å². The van der Waals surface area contributed by atoms with Crippen LogP contribution in [-0.2, 0) is 16.0 Å². The Morgan fingerprint density at radius 3 is 2.57 bits per heavy atom. The summed E-state index contributed by atoms with van der Waals surface area (Å²) in [5.74, 6) is 0.0477. The van der Waals surface area contributed by atoms with Crippen LogP contribution < -0.4 is 5.32 Å². The van der Waals surface area contributed by atoms with Gasteiger partial charge in [-0.25, -0.2) is 4.79 Å². The molecule has 2 rings (SSSR count). The van der Waals surface area contributed by atoms with Gasteiger partial charge in [-0.15, -0.1) is 0 Å². The predicted octanol–water partition coefficient (Wildman–Crippen LogP) is 2.58. The molecule has 0 spiro atoms. The second kappa shape index (κ2) is 7.99. The second-order valence-corrected chi connectivity index (χ2v) is 6.13. The summed E-state index contributed by atoms with van der Waals surface area (Å²) in [4.78, 5) is 25.6. The van der Waals surface area contributed by atoms with E-state index in [9.17, 15) is 9.59 Å². The third-order valence-corrected chi connectivity index (χ3v) is 4.24. The van der Waals surface area contributed by atoms with Gasteiger partial charge in [0.05, 0.1) is 13.0 Å². The van der Waals surface area contributed by atoms with Gasteiger partial charge in [0, 0.05) is 19.1 Å². The minimum atomic E-state index is -0.257. The number of aryl methyl sites for hydroxylation is 2. The van der Waals surface area contributed by atoms with Crippen molar-refractivity contribution < 1.29 is 14.3 Å². The number of likely N-dealkylation sites (tertiary alicyclic amines) is 1. The zero-order chi connectivity index (χ0) is 16.8. The first-order valence-electron chi connectivity index (χ1n) is 8.26. The minimum absolute atomic E-state index is 0.0477. The summed E-state index contributed by atoms with van der Waals surface area (Å²) >= 11 is 0. The van der Waals surface area contributed by atoms with Crippen molar-refractivity contribution in [3.63, 3.8) is 0 Å². The van der Waals surface area contributed by atoms with Crippen LogP contribution in [0.4, 0.5) is 4.79 Å². The molecule has 1 aromatic rings. The van der Waals surface area contributed by atoms with Crippen molar-refractivity contribution >= 4 is 12.0 Å². The number of nitrogens with one attached hydrogen (secondary N) is 1. The van der Waals surface area contributed by atoms with Crippen molar-refractivity contribution in [2.24, 2.45) is 0 Å². The number of hydrogen-bond acceptors (Lipinski definition) is 3. The van der Waals surface area contributed by atoms with Crippen LogP contribution in [0.3, 0.4) is 0 Å². The maximum Gasteiger partial charge on any atom is 0.409 e. The fourth-order valence-corrected chi connectivity index (χ4v) is 2.92. The second-order valence-electron chi connectivity index (χ2n) is 6.13. The third kappa shape index (κ3) is 4.98. The van der Waals surface area contributed by atoms with Crippen molar-refractivity contribution in [3.8, 4) is 0 Å². The van der Waals surface area contributed by atoms with Gasteiger partial charge in [-0.2, -0.15) is 0 Å². The number of carbonyl (C=O) groups is 2. The van der Waals surface area contributed by atoms with E-state index in [1.54, 1.807) is 11.8 Å². The minimum Gasteiger partial charge on any atom is -0.450 e. The molecule has 0 aliphatic carbocycles. The monoisotopic (exact) mass is 318 g/mol. The molecule has 0 bridgehead atoms. The van der Waals surface area contributed by atoms with Crippen molar-refractivity contribution in [2.45, 2.75) is 46.1 Å².